The Morgan fingerprint density at radius 2 is 1.44 bits per heavy atom. The number of carbonyl (C=O) groups is 1. The van der Waals surface area contributed by atoms with Gasteiger partial charge in [-0.2, -0.15) is 0 Å². The molecule has 2 aromatic carbocycles. The van der Waals surface area contributed by atoms with E-state index in [1.54, 1.807) is 24.3 Å². The highest BCUT2D eigenvalue weighted by Gasteiger charge is 2.54. The number of fused-ring (bicyclic) bond motifs is 1. The van der Waals surface area contributed by atoms with E-state index in [4.69, 9.17) is 18.9 Å². The lowest BCUT2D eigenvalue weighted by molar-refractivity contribution is -0.148. The van der Waals surface area contributed by atoms with Crippen LogP contribution in [0.3, 0.4) is 0 Å². The molecule has 4 rings (SSSR count). The molecule has 7 heteroatoms. The predicted molar refractivity (Wildman–Crippen MR) is 93.8 cm³/mol. The fraction of sp³-hybridized carbons (Fsp3) is 0.350. The summed E-state index contributed by atoms with van der Waals surface area (Å²) >= 11 is 0. The van der Waals surface area contributed by atoms with Crippen LogP contribution in [0.4, 0.5) is 0 Å². The molecule has 0 bridgehead atoms. The number of carbonyl (C=O) groups excluding carboxylic acids is 1. The Kier molecular flexibility index (Phi) is 4.31. The lowest BCUT2D eigenvalue weighted by atomic mass is 9.84. The summed E-state index contributed by atoms with van der Waals surface area (Å²) in [6.45, 7) is 0.321. The Labute approximate surface area is 156 Å². The molecule has 0 unspecified atom stereocenters. The minimum Gasteiger partial charge on any atom is -0.508 e. The van der Waals surface area contributed by atoms with Gasteiger partial charge in [0.2, 0.25) is 0 Å². The minimum atomic E-state index is -0.535. The standard InChI is InChI=1S/C20H20O7/c1-24-14-5-10(3-12(21)7-14)18-16-9-26-19(17(16)20(23)27-18)11-4-13(22)8-15(6-11)25-2/h3-8,16-19,21-22H,9H2,1-2H3/t16-,17-,18+,19+/m1/s1. The summed E-state index contributed by atoms with van der Waals surface area (Å²) in [6, 6.07) is 9.59. The van der Waals surface area contributed by atoms with Crippen molar-refractivity contribution in [3.05, 3.63) is 47.5 Å². The van der Waals surface area contributed by atoms with Crippen LogP contribution in [-0.4, -0.2) is 37.0 Å². The smallest absolute Gasteiger partial charge is 0.313 e. The van der Waals surface area contributed by atoms with E-state index in [-0.39, 0.29) is 23.4 Å². The first-order chi connectivity index (χ1) is 13.0. The molecule has 2 heterocycles. The number of benzene rings is 2. The van der Waals surface area contributed by atoms with Crippen LogP contribution in [0.15, 0.2) is 36.4 Å². The molecule has 0 spiro atoms. The summed E-state index contributed by atoms with van der Waals surface area (Å²) in [4.78, 5) is 12.6. The molecule has 2 aromatic rings. The third kappa shape index (κ3) is 3.04. The number of phenolic OH excluding ortho intramolecular Hbond substituents is 2. The highest BCUT2D eigenvalue weighted by Crippen LogP contribution is 2.52. The fourth-order valence-electron chi connectivity index (χ4n) is 3.91. The molecule has 4 atom stereocenters. The Bertz CT molecular complexity index is 827. The number of hydrogen-bond donors (Lipinski definition) is 2. The summed E-state index contributed by atoms with van der Waals surface area (Å²) in [5, 5.41) is 19.8. The number of esters is 1. The van der Waals surface area contributed by atoms with Crippen LogP contribution in [-0.2, 0) is 14.3 Å². The van der Waals surface area contributed by atoms with Crippen LogP contribution >= 0.6 is 0 Å². The number of rotatable bonds is 4. The maximum absolute atomic E-state index is 12.6. The molecular formula is C20H20O7. The quantitative estimate of drug-likeness (QED) is 0.797. The summed E-state index contributed by atoms with van der Waals surface area (Å²) in [7, 11) is 3.01. The Balaban J connectivity index is 1.66. The Morgan fingerprint density at radius 3 is 2.00 bits per heavy atom. The predicted octanol–water partition coefficient (Wildman–Crippen LogP) is 2.72. The summed E-state index contributed by atoms with van der Waals surface area (Å²) in [5.41, 5.74) is 1.32. The van der Waals surface area contributed by atoms with Gasteiger partial charge in [0.25, 0.3) is 0 Å². The van der Waals surface area contributed by atoms with E-state index in [2.05, 4.69) is 0 Å². The highest BCUT2D eigenvalue weighted by molar-refractivity contribution is 5.77. The van der Waals surface area contributed by atoms with Crippen molar-refractivity contribution in [3.8, 4) is 23.0 Å². The molecule has 142 valence electrons. The van der Waals surface area contributed by atoms with E-state index in [1.165, 1.54) is 26.4 Å². The van der Waals surface area contributed by atoms with Crippen molar-refractivity contribution in [3.63, 3.8) is 0 Å². The lowest BCUT2D eigenvalue weighted by Crippen LogP contribution is -2.18. The molecule has 0 radical (unpaired) electrons. The van der Waals surface area contributed by atoms with Crippen molar-refractivity contribution in [2.45, 2.75) is 12.2 Å². The van der Waals surface area contributed by atoms with Crippen molar-refractivity contribution >= 4 is 5.97 Å². The number of cyclic esters (lactones) is 1. The zero-order valence-electron chi connectivity index (χ0n) is 14.9. The van der Waals surface area contributed by atoms with Crippen LogP contribution in [0.5, 0.6) is 23.0 Å². The first kappa shape index (κ1) is 17.5. The van der Waals surface area contributed by atoms with Gasteiger partial charge in [-0.25, -0.2) is 0 Å². The number of ether oxygens (including phenoxy) is 4. The molecule has 2 saturated heterocycles. The largest absolute Gasteiger partial charge is 0.508 e. The third-order valence-electron chi connectivity index (χ3n) is 5.12. The van der Waals surface area contributed by atoms with E-state index in [0.29, 0.717) is 29.2 Å². The normalized spacial score (nSPS) is 26.5. The Hall–Kier alpha value is -2.93. The zero-order valence-corrected chi connectivity index (χ0v) is 14.9. The van der Waals surface area contributed by atoms with Gasteiger partial charge in [0.1, 0.15) is 29.1 Å². The molecule has 0 amide bonds. The second-order valence-corrected chi connectivity index (χ2v) is 6.73. The molecule has 7 nitrogen and oxygen atoms in total. The van der Waals surface area contributed by atoms with Crippen molar-refractivity contribution < 1.29 is 34.0 Å². The van der Waals surface area contributed by atoms with Gasteiger partial charge in [-0.3, -0.25) is 4.79 Å². The van der Waals surface area contributed by atoms with Crippen LogP contribution < -0.4 is 9.47 Å². The zero-order chi connectivity index (χ0) is 19.1. The van der Waals surface area contributed by atoms with E-state index in [1.807, 2.05) is 0 Å². The van der Waals surface area contributed by atoms with Crippen molar-refractivity contribution in [1.82, 2.24) is 0 Å². The maximum atomic E-state index is 12.6. The van der Waals surface area contributed by atoms with Crippen molar-refractivity contribution in [2.75, 3.05) is 20.8 Å². The topological polar surface area (TPSA) is 94.5 Å². The first-order valence-electron chi connectivity index (χ1n) is 8.58. The van der Waals surface area contributed by atoms with E-state index < -0.39 is 18.1 Å². The number of hydrogen-bond acceptors (Lipinski definition) is 7. The molecule has 2 N–H and O–H groups in total. The molecule has 0 aromatic heterocycles. The monoisotopic (exact) mass is 372 g/mol. The minimum absolute atomic E-state index is 0.0389. The SMILES string of the molecule is COc1cc(O)cc([C@@H]2OC(=O)[C@@H]3[C@H]2CO[C@H]3c2cc(O)cc(OC)c2)c1. The van der Waals surface area contributed by atoms with Crippen LogP contribution in [0.1, 0.15) is 23.3 Å². The van der Waals surface area contributed by atoms with Gasteiger partial charge >= 0.3 is 5.97 Å². The molecule has 27 heavy (non-hydrogen) atoms. The van der Waals surface area contributed by atoms with Gasteiger partial charge in [-0.15, -0.1) is 0 Å². The van der Waals surface area contributed by atoms with E-state index in [9.17, 15) is 15.0 Å². The lowest BCUT2D eigenvalue weighted by Gasteiger charge is -2.16. The Morgan fingerprint density at radius 1 is 0.889 bits per heavy atom. The first-order valence-corrected chi connectivity index (χ1v) is 8.58. The van der Waals surface area contributed by atoms with Crippen molar-refractivity contribution in [2.24, 2.45) is 11.8 Å². The second kappa shape index (κ2) is 6.66. The van der Waals surface area contributed by atoms with E-state index in [0.717, 1.165) is 0 Å². The van der Waals surface area contributed by atoms with Gasteiger partial charge in [0.15, 0.2) is 0 Å². The van der Waals surface area contributed by atoms with Crippen LogP contribution in [0, 0.1) is 11.8 Å². The average molecular weight is 372 g/mol. The molecule has 2 aliphatic heterocycles. The van der Waals surface area contributed by atoms with Gasteiger partial charge in [-0.1, -0.05) is 0 Å². The molecule has 0 aliphatic carbocycles. The van der Waals surface area contributed by atoms with Gasteiger partial charge in [0.05, 0.1) is 32.8 Å². The fourth-order valence-corrected chi connectivity index (χ4v) is 3.91. The van der Waals surface area contributed by atoms with Gasteiger partial charge in [0, 0.05) is 23.6 Å². The number of phenols is 2. The highest BCUT2D eigenvalue weighted by atomic mass is 16.6. The summed E-state index contributed by atoms with van der Waals surface area (Å²) in [5.74, 6) is -0.0289. The molecule has 2 aliphatic rings. The summed E-state index contributed by atoms with van der Waals surface area (Å²) in [6.07, 6.45) is -1.07. The molecular weight excluding hydrogens is 352 g/mol. The van der Waals surface area contributed by atoms with E-state index >= 15 is 0 Å². The van der Waals surface area contributed by atoms with Crippen molar-refractivity contribution in [1.29, 1.82) is 0 Å². The van der Waals surface area contributed by atoms with Gasteiger partial charge < -0.3 is 29.2 Å². The molecule has 0 saturated carbocycles. The maximum Gasteiger partial charge on any atom is 0.313 e. The number of methoxy groups -OCH3 is 2. The number of aromatic hydroxyl groups is 2. The van der Waals surface area contributed by atoms with Crippen LogP contribution in [0.2, 0.25) is 0 Å². The van der Waals surface area contributed by atoms with Crippen LogP contribution in [0.25, 0.3) is 0 Å². The molecule has 2 fully saturated rings. The third-order valence-corrected chi connectivity index (χ3v) is 5.12. The second-order valence-electron chi connectivity index (χ2n) is 6.73. The summed E-state index contributed by atoms with van der Waals surface area (Å²) < 4.78 is 21.9. The van der Waals surface area contributed by atoms with Gasteiger partial charge in [-0.05, 0) is 29.8 Å². The average Bonchev–Trinajstić information content (AvgIpc) is 3.22.